The monoisotopic (exact) mass is 340 g/mol. The molecule has 0 bridgehead atoms. The van der Waals surface area contributed by atoms with Crippen molar-refractivity contribution in [1.82, 2.24) is 20.1 Å². The van der Waals surface area contributed by atoms with E-state index in [4.69, 9.17) is 0 Å². The van der Waals surface area contributed by atoms with Crippen molar-refractivity contribution in [2.24, 2.45) is 7.05 Å². The molecule has 0 fully saturated rings. The van der Waals surface area contributed by atoms with E-state index in [1.54, 1.807) is 0 Å². The van der Waals surface area contributed by atoms with Crippen LogP contribution < -0.4 is 5.32 Å². The number of fused-ring (bicyclic) bond motifs is 1. The number of nitrogens with one attached hydrogen (secondary N) is 1. The lowest BCUT2D eigenvalue weighted by Crippen LogP contribution is -2.28. The summed E-state index contributed by atoms with van der Waals surface area (Å²) in [6.45, 7) is 3.89. The summed E-state index contributed by atoms with van der Waals surface area (Å²) in [6.07, 6.45) is 0. The van der Waals surface area contributed by atoms with E-state index in [1.165, 1.54) is 22.5 Å². The number of nitrogens with zero attached hydrogens (tertiary/aromatic N) is 3. The number of amides is 1. The fourth-order valence-electron chi connectivity index (χ4n) is 2.49. The van der Waals surface area contributed by atoms with E-state index in [9.17, 15) is 4.79 Å². The minimum Gasteiger partial charge on any atom is -0.349 e. The summed E-state index contributed by atoms with van der Waals surface area (Å²) in [6, 6.07) is 14.5. The predicted octanol–water partition coefficient (Wildman–Crippen LogP) is 3.25. The highest BCUT2D eigenvalue weighted by Gasteiger charge is 2.12. The zero-order chi connectivity index (χ0) is 17.1. The average Bonchev–Trinajstić information content (AvgIpc) is 2.91. The van der Waals surface area contributed by atoms with E-state index in [2.05, 4.69) is 45.8 Å². The van der Waals surface area contributed by atoms with Crippen LogP contribution in [-0.2, 0) is 11.8 Å². The van der Waals surface area contributed by atoms with E-state index in [-0.39, 0.29) is 11.9 Å². The zero-order valence-corrected chi connectivity index (χ0v) is 14.8. The van der Waals surface area contributed by atoms with Crippen LogP contribution in [0.2, 0.25) is 0 Å². The second-order valence-corrected chi connectivity index (χ2v) is 6.72. The molecule has 1 unspecified atom stereocenters. The first-order chi connectivity index (χ1) is 11.5. The van der Waals surface area contributed by atoms with Gasteiger partial charge in [-0.15, -0.1) is 10.2 Å². The van der Waals surface area contributed by atoms with Gasteiger partial charge in [0.1, 0.15) is 5.82 Å². The van der Waals surface area contributed by atoms with Gasteiger partial charge in [0.15, 0.2) is 5.16 Å². The quantitative estimate of drug-likeness (QED) is 0.724. The molecule has 0 aliphatic heterocycles. The molecule has 3 aromatic rings. The van der Waals surface area contributed by atoms with Crippen molar-refractivity contribution in [3.63, 3.8) is 0 Å². The van der Waals surface area contributed by atoms with Gasteiger partial charge in [0, 0.05) is 7.05 Å². The second kappa shape index (κ2) is 7.05. The zero-order valence-electron chi connectivity index (χ0n) is 14.0. The Morgan fingerprint density at radius 3 is 2.67 bits per heavy atom. The first kappa shape index (κ1) is 16.5. The minimum atomic E-state index is -0.0380. The van der Waals surface area contributed by atoms with Crippen molar-refractivity contribution in [1.29, 1.82) is 0 Å². The normalized spacial score (nSPS) is 12.3. The second-order valence-electron chi connectivity index (χ2n) is 5.77. The van der Waals surface area contributed by atoms with Crippen LogP contribution in [0.25, 0.3) is 10.8 Å². The maximum absolute atomic E-state index is 12.2. The highest BCUT2D eigenvalue weighted by atomic mass is 32.2. The lowest BCUT2D eigenvalue weighted by atomic mass is 10.0. The molecule has 1 atom stereocenters. The number of carbonyl (C=O) groups excluding carboxylic acids is 1. The molecule has 0 saturated heterocycles. The lowest BCUT2D eigenvalue weighted by Gasteiger charge is -2.15. The summed E-state index contributed by atoms with van der Waals surface area (Å²) in [4.78, 5) is 12.2. The maximum atomic E-state index is 12.2. The summed E-state index contributed by atoms with van der Waals surface area (Å²) in [5.41, 5.74) is 1.10. The topological polar surface area (TPSA) is 59.8 Å². The largest absolute Gasteiger partial charge is 0.349 e. The third-order valence-electron chi connectivity index (χ3n) is 4.04. The van der Waals surface area contributed by atoms with E-state index in [0.29, 0.717) is 5.75 Å². The van der Waals surface area contributed by atoms with Gasteiger partial charge in [-0.25, -0.2) is 0 Å². The smallest absolute Gasteiger partial charge is 0.230 e. The number of aryl methyl sites for hydroxylation is 1. The third-order valence-corrected chi connectivity index (χ3v) is 5.06. The van der Waals surface area contributed by atoms with E-state index < -0.39 is 0 Å². The summed E-state index contributed by atoms with van der Waals surface area (Å²) < 4.78 is 1.88. The molecule has 0 aliphatic carbocycles. The molecule has 2 aromatic carbocycles. The van der Waals surface area contributed by atoms with Crippen LogP contribution in [0, 0.1) is 6.92 Å². The van der Waals surface area contributed by atoms with Gasteiger partial charge in [0.25, 0.3) is 0 Å². The number of carbonyl (C=O) groups is 1. The number of benzene rings is 2. The minimum absolute atomic E-state index is 0.0127. The van der Waals surface area contributed by atoms with Gasteiger partial charge < -0.3 is 9.88 Å². The standard InChI is InChI=1S/C18H20N4OS/c1-12(15-9-8-14-6-4-5-7-16(14)10-15)19-17(23)11-24-18-21-20-13(2)22(18)3/h4-10,12H,11H2,1-3H3,(H,19,23). The van der Waals surface area contributed by atoms with Gasteiger partial charge in [-0.2, -0.15) is 0 Å². The van der Waals surface area contributed by atoms with Crippen LogP contribution in [0.1, 0.15) is 24.4 Å². The fourth-order valence-corrected chi connectivity index (χ4v) is 3.25. The molecule has 0 aliphatic rings. The summed E-state index contributed by atoms with van der Waals surface area (Å²) in [7, 11) is 1.90. The van der Waals surface area contributed by atoms with Gasteiger partial charge in [-0.3, -0.25) is 4.79 Å². The number of rotatable bonds is 5. The molecule has 1 heterocycles. The molecular formula is C18H20N4OS. The summed E-state index contributed by atoms with van der Waals surface area (Å²) >= 11 is 1.39. The van der Waals surface area contributed by atoms with Crippen LogP contribution >= 0.6 is 11.8 Å². The van der Waals surface area contributed by atoms with Crippen LogP contribution in [0.5, 0.6) is 0 Å². The Morgan fingerprint density at radius 2 is 1.96 bits per heavy atom. The van der Waals surface area contributed by atoms with Crippen molar-refractivity contribution in [2.75, 3.05) is 5.75 Å². The van der Waals surface area contributed by atoms with Crippen molar-refractivity contribution in [3.05, 3.63) is 53.9 Å². The van der Waals surface area contributed by atoms with Crippen LogP contribution in [-0.4, -0.2) is 26.4 Å². The Hall–Kier alpha value is -2.34. The summed E-state index contributed by atoms with van der Waals surface area (Å²) in [5, 5.41) is 14.2. The van der Waals surface area contributed by atoms with Crippen molar-refractivity contribution >= 4 is 28.4 Å². The molecule has 1 amide bonds. The summed E-state index contributed by atoms with van der Waals surface area (Å²) in [5.74, 6) is 1.15. The Kier molecular flexibility index (Phi) is 4.85. The predicted molar refractivity (Wildman–Crippen MR) is 97.0 cm³/mol. The van der Waals surface area contributed by atoms with Crippen molar-refractivity contribution < 1.29 is 4.79 Å². The van der Waals surface area contributed by atoms with Gasteiger partial charge in [-0.1, -0.05) is 48.2 Å². The number of hydrogen-bond acceptors (Lipinski definition) is 4. The molecule has 24 heavy (non-hydrogen) atoms. The highest BCUT2D eigenvalue weighted by Crippen LogP contribution is 2.21. The van der Waals surface area contributed by atoms with Gasteiger partial charge in [-0.05, 0) is 36.2 Å². The first-order valence-electron chi connectivity index (χ1n) is 7.81. The van der Waals surface area contributed by atoms with E-state index in [1.807, 2.05) is 37.6 Å². The molecule has 5 nitrogen and oxygen atoms in total. The van der Waals surface area contributed by atoms with Gasteiger partial charge in [0.2, 0.25) is 5.91 Å². The SMILES string of the molecule is Cc1nnc(SCC(=O)NC(C)c2ccc3ccccc3c2)n1C. The molecule has 6 heteroatoms. The Labute approximate surface area is 145 Å². The van der Waals surface area contributed by atoms with Crippen LogP contribution in [0.4, 0.5) is 0 Å². The van der Waals surface area contributed by atoms with E-state index >= 15 is 0 Å². The highest BCUT2D eigenvalue weighted by molar-refractivity contribution is 7.99. The Morgan fingerprint density at radius 1 is 1.21 bits per heavy atom. The Balaban J connectivity index is 1.61. The third kappa shape index (κ3) is 3.59. The maximum Gasteiger partial charge on any atom is 0.230 e. The molecule has 124 valence electrons. The first-order valence-corrected chi connectivity index (χ1v) is 8.80. The van der Waals surface area contributed by atoms with E-state index in [0.717, 1.165) is 16.5 Å². The molecule has 1 N–H and O–H groups in total. The molecule has 0 saturated carbocycles. The lowest BCUT2D eigenvalue weighted by molar-refractivity contribution is -0.119. The molecule has 0 radical (unpaired) electrons. The van der Waals surface area contributed by atoms with Gasteiger partial charge in [0.05, 0.1) is 11.8 Å². The van der Waals surface area contributed by atoms with Gasteiger partial charge >= 0.3 is 0 Å². The van der Waals surface area contributed by atoms with Crippen LogP contribution in [0.15, 0.2) is 47.6 Å². The van der Waals surface area contributed by atoms with Crippen LogP contribution in [0.3, 0.4) is 0 Å². The number of thioether (sulfide) groups is 1. The molecule has 0 spiro atoms. The average molecular weight is 340 g/mol. The molecular weight excluding hydrogens is 320 g/mol. The molecule has 1 aromatic heterocycles. The number of aromatic nitrogens is 3. The van der Waals surface area contributed by atoms with Crippen molar-refractivity contribution in [3.8, 4) is 0 Å². The molecule has 3 rings (SSSR count). The number of hydrogen-bond donors (Lipinski definition) is 1. The Bertz CT molecular complexity index is 874. The van der Waals surface area contributed by atoms with Crippen molar-refractivity contribution in [2.45, 2.75) is 25.0 Å². The fraction of sp³-hybridized carbons (Fsp3) is 0.278.